The van der Waals surface area contributed by atoms with Crippen molar-refractivity contribution < 1.29 is 14.8 Å². The molecule has 0 amide bonds. The third-order valence-electron chi connectivity index (χ3n) is 2.10. The van der Waals surface area contributed by atoms with Gasteiger partial charge in [-0.15, -0.1) is 0 Å². The number of hydrogen-bond donors (Lipinski definition) is 2. The van der Waals surface area contributed by atoms with Gasteiger partial charge in [-0.3, -0.25) is 0 Å². The highest BCUT2D eigenvalue weighted by Crippen LogP contribution is 2.10. The Kier molecular flexibility index (Phi) is 3.98. The van der Waals surface area contributed by atoms with Gasteiger partial charge in [0.15, 0.2) is 0 Å². The molecule has 76 valence electrons. The van der Waals surface area contributed by atoms with Crippen LogP contribution in [0.5, 0.6) is 5.75 Å². The smallest absolute Gasteiger partial charge is 0.491 e. The van der Waals surface area contributed by atoms with Crippen LogP contribution < -0.4 is 10.2 Å². The highest BCUT2D eigenvalue weighted by atomic mass is 16.5. The molecule has 0 saturated heterocycles. The molecule has 2 N–H and O–H groups in total. The minimum atomic E-state index is -1.48. The Morgan fingerprint density at radius 1 is 1.36 bits per heavy atom. The van der Waals surface area contributed by atoms with Crippen molar-refractivity contribution in [3.63, 3.8) is 0 Å². The average molecular weight is 194 g/mol. The molecule has 0 saturated carbocycles. The largest absolute Gasteiger partial charge is 0.492 e. The third kappa shape index (κ3) is 2.75. The van der Waals surface area contributed by atoms with Crippen LogP contribution >= 0.6 is 0 Å². The van der Waals surface area contributed by atoms with E-state index >= 15 is 0 Å². The van der Waals surface area contributed by atoms with E-state index in [2.05, 4.69) is 0 Å². The zero-order valence-electron chi connectivity index (χ0n) is 8.47. The van der Waals surface area contributed by atoms with Gasteiger partial charge in [0.1, 0.15) is 5.75 Å². The van der Waals surface area contributed by atoms with Crippen molar-refractivity contribution in [3.8, 4) is 5.75 Å². The Morgan fingerprint density at radius 3 is 2.57 bits per heavy atom. The Morgan fingerprint density at radius 2 is 2.00 bits per heavy atom. The van der Waals surface area contributed by atoms with Crippen LogP contribution in [0.2, 0.25) is 0 Å². The van der Waals surface area contributed by atoms with E-state index in [0.717, 1.165) is 6.42 Å². The van der Waals surface area contributed by atoms with E-state index in [1.165, 1.54) is 0 Å². The number of benzene rings is 1. The van der Waals surface area contributed by atoms with Crippen LogP contribution in [-0.2, 0) is 0 Å². The van der Waals surface area contributed by atoms with Crippen molar-refractivity contribution in [2.75, 3.05) is 0 Å². The average Bonchev–Trinajstić information content (AvgIpc) is 2.18. The van der Waals surface area contributed by atoms with E-state index in [0.29, 0.717) is 11.2 Å². The third-order valence-corrected chi connectivity index (χ3v) is 2.10. The van der Waals surface area contributed by atoms with Crippen LogP contribution in [0, 0.1) is 0 Å². The topological polar surface area (TPSA) is 49.7 Å². The zero-order chi connectivity index (χ0) is 10.6. The second kappa shape index (κ2) is 5.03. The first kappa shape index (κ1) is 11.1. The highest BCUT2D eigenvalue weighted by molar-refractivity contribution is 6.59. The maximum atomic E-state index is 9.07. The SMILES string of the molecule is CC[C@H](C)Oc1ccccc1B(O)O. The highest BCUT2D eigenvalue weighted by Gasteiger charge is 2.17. The summed E-state index contributed by atoms with van der Waals surface area (Å²) in [6, 6.07) is 6.94. The fourth-order valence-corrected chi connectivity index (χ4v) is 1.10. The molecule has 0 aliphatic rings. The molecule has 0 aliphatic carbocycles. The fraction of sp³-hybridized carbons (Fsp3) is 0.400. The normalized spacial score (nSPS) is 12.3. The standard InChI is InChI=1S/C10H15BO3/c1-3-8(2)14-10-7-5-4-6-9(10)11(12)13/h4-8,12-13H,3H2,1-2H3/t8-/m0/s1. The number of hydrogen-bond acceptors (Lipinski definition) is 3. The molecule has 0 heterocycles. The molecule has 14 heavy (non-hydrogen) atoms. The van der Waals surface area contributed by atoms with Gasteiger partial charge in [-0.25, -0.2) is 0 Å². The lowest BCUT2D eigenvalue weighted by molar-refractivity contribution is 0.218. The summed E-state index contributed by atoms with van der Waals surface area (Å²) >= 11 is 0. The molecule has 1 aromatic rings. The molecule has 1 rings (SSSR count). The van der Waals surface area contributed by atoms with Gasteiger partial charge in [-0.1, -0.05) is 25.1 Å². The monoisotopic (exact) mass is 194 g/mol. The maximum Gasteiger partial charge on any atom is 0.492 e. The van der Waals surface area contributed by atoms with E-state index in [1.807, 2.05) is 19.9 Å². The van der Waals surface area contributed by atoms with Crippen molar-refractivity contribution >= 4 is 12.6 Å². The summed E-state index contributed by atoms with van der Waals surface area (Å²) in [5.41, 5.74) is 0.410. The molecule has 0 bridgehead atoms. The number of para-hydroxylation sites is 1. The number of ether oxygens (including phenoxy) is 1. The van der Waals surface area contributed by atoms with Crippen LogP contribution in [-0.4, -0.2) is 23.3 Å². The Bertz CT molecular complexity index is 288. The van der Waals surface area contributed by atoms with Gasteiger partial charge in [-0.05, 0) is 19.4 Å². The van der Waals surface area contributed by atoms with Crippen LogP contribution in [0.1, 0.15) is 20.3 Å². The van der Waals surface area contributed by atoms with E-state index < -0.39 is 7.12 Å². The van der Waals surface area contributed by atoms with Crippen molar-refractivity contribution in [2.24, 2.45) is 0 Å². The summed E-state index contributed by atoms with van der Waals surface area (Å²) in [5, 5.41) is 18.1. The zero-order valence-corrected chi connectivity index (χ0v) is 8.47. The summed E-state index contributed by atoms with van der Waals surface area (Å²) in [6.07, 6.45) is 0.963. The minimum Gasteiger partial charge on any atom is -0.491 e. The van der Waals surface area contributed by atoms with Gasteiger partial charge >= 0.3 is 7.12 Å². The molecule has 0 aliphatic heterocycles. The second-order valence-corrected chi connectivity index (χ2v) is 3.25. The summed E-state index contributed by atoms with van der Waals surface area (Å²) in [5.74, 6) is 0.539. The first-order valence-corrected chi connectivity index (χ1v) is 4.76. The van der Waals surface area contributed by atoms with Crippen LogP contribution in [0.4, 0.5) is 0 Å². The van der Waals surface area contributed by atoms with Crippen LogP contribution in [0.15, 0.2) is 24.3 Å². The molecule has 4 heteroatoms. The Labute approximate surface area is 84.5 Å². The maximum absolute atomic E-state index is 9.07. The van der Waals surface area contributed by atoms with Gasteiger partial charge in [0.25, 0.3) is 0 Å². The molecule has 0 aromatic heterocycles. The Balaban J connectivity index is 2.84. The lowest BCUT2D eigenvalue weighted by Gasteiger charge is -2.15. The van der Waals surface area contributed by atoms with E-state index in [9.17, 15) is 0 Å². The first-order chi connectivity index (χ1) is 6.65. The number of rotatable bonds is 4. The van der Waals surface area contributed by atoms with Gasteiger partial charge < -0.3 is 14.8 Å². The quantitative estimate of drug-likeness (QED) is 0.688. The van der Waals surface area contributed by atoms with Crippen molar-refractivity contribution in [2.45, 2.75) is 26.4 Å². The minimum absolute atomic E-state index is 0.0786. The molecule has 0 fully saturated rings. The molecule has 0 spiro atoms. The molecule has 0 unspecified atom stereocenters. The van der Waals surface area contributed by atoms with Gasteiger partial charge in [0.05, 0.1) is 6.10 Å². The molecule has 0 radical (unpaired) electrons. The van der Waals surface area contributed by atoms with Crippen molar-refractivity contribution in [3.05, 3.63) is 24.3 Å². The summed E-state index contributed by atoms with van der Waals surface area (Å²) in [7, 11) is -1.48. The Hall–Kier alpha value is -0.995. The van der Waals surface area contributed by atoms with Gasteiger partial charge in [0.2, 0.25) is 0 Å². The van der Waals surface area contributed by atoms with Gasteiger partial charge in [-0.2, -0.15) is 0 Å². The molecule has 3 nitrogen and oxygen atoms in total. The van der Waals surface area contributed by atoms with E-state index in [1.54, 1.807) is 18.2 Å². The summed E-state index contributed by atoms with van der Waals surface area (Å²) in [6.45, 7) is 3.96. The lowest BCUT2D eigenvalue weighted by atomic mass is 9.79. The predicted octanol–water partition coefficient (Wildman–Crippen LogP) is 0.544. The predicted molar refractivity (Wildman–Crippen MR) is 56.6 cm³/mol. The van der Waals surface area contributed by atoms with E-state index in [4.69, 9.17) is 14.8 Å². The first-order valence-electron chi connectivity index (χ1n) is 4.76. The van der Waals surface area contributed by atoms with Crippen molar-refractivity contribution in [1.82, 2.24) is 0 Å². The second-order valence-electron chi connectivity index (χ2n) is 3.25. The molecule has 1 aromatic carbocycles. The summed E-state index contributed by atoms with van der Waals surface area (Å²) < 4.78 is 5.54. The van der Waals surface area contributed by atoms with Crippen molar-refractivity contribution in [1.29, 1.82) is 0 Å². The van der Waals surface area contributed by atoms with Crippen LogP contribution in [0.25, 0.3) is 0 Å². The fourth-order valence-electron chi connectivity index (χ4n) is 1.10. The molecule has 1 atom stereocenters. The molecular weight excluding hydrogens is 179 g/mol. The van der Waals surface area contributed by atoms with Crippen LogP contribution in [0.3, 0.4) is 0 Å². The van der Waals surface area contributed by atoms with Gasteiger partial charge in [0, 0.05) is 5.46 Å². The molecular formula is C10H15BO3. The lowest BCUT2D eigenvalue weighted by Crippen LogP contribution is -2.32. The summed E-state index contributed by atoms with van der Waals surface area (Å²) in [4.78, 5) is 0. The van der Waals surface area contributed by atoms with E-state index in [-0.39, 0.29) is 6.10 Å².